The largest absolute Gasteiger partial charge is 0.464 e. The van der Waals surface area contributed by atoms with Gasteiger partial charge in [-0.1, -0.05) is 50.2 Å². The van der Waals surface area contributed by atoms with Crippen molar-refractivity contribution >= 4 is 33.3 Å². The standard InChI is InChI=1S/C23H21NO2/c1-15(2)17-8-10-22-21(12-17)19(14-26-22)13-23(25)24-20-9-7-16-5-3-4-6-18(16)11-20/h3-12,14-15H,13H2,1-2H3,(H,24,25). The minimum absolute atomic E-state index is 0.0436. The van der Waals surface area contributed by atoms with Gasteiger partial charge in [-0.25, -0.2) is 0 Å². The Morgan fingerprint density at radius 1 is 1.00 bits per heavy atom. The molecule has 1 amide bonds. The highest BCUT2D eigenvalue weighted by atomic mass is 16.3. The third-order valence-electron chi connectivity index (χ3n) is 4.73. The molecule has 0 radical (unpaired) electrons. The van der Waals surface area contributed by atoms with E-state index in [-0.39, 0.29) is 5.91 Å². The molecule has 0 aliphatic heterocycles. The molecule has 0 atom stereocenters. The second-order valence-electron chi connectivity index (χ2n) is 6.96. The van der Waals surface area contributed by atoms with Gasteiger partial charge >= 0.3 is 0 Å². The van der Waals surface area contributed by atoms with E-state index in [4.69, 9.17) is 4.42 Å². The summed E-state index contributed by atoms with van der Waals surface area (Å²) in [5, 5.41) is 6.28. The summed E-state index contributed by atoms with van der Waals surface area (Å²) in [5.74, 6) is 0.395. The van der Waals surface area contributed by atoms with Crippen molar-refractivity contribution in [3.63, 3.8) is 0 Å². The second kappa shape index (κ2) is 6.68. The first-order valence-corrected chi connectivity index (χ1v) is 8.89. The highest BCUT2D eigenvalue weighted by Crippen LogP contribution is 2.26. The minimum Gasteiger partial charge on any atom is -0.464 e. The van der Waals surface area contributed by atoms with E-state index >= 15 is 0 Å². The molecular weight excluding hydrogens is 322 g/mol. The third kappa shape index (κ3) is 3.21. The highest BCUT2D eigenvalue weighted by molar-refractivity contribution is 5.97. The van der Waals surface area contributed by atoms with Gasteiger partial charge in [0, 0.05) is 16.6 Å². The molecule has 0 saturated carbocycles. The third-order valence-corrected chi connectivity index (χ3v) is 4.73. The van der Waals surface area contributed by atoms with Crippen molar-refractivity contribution in [1.82, 2.24) is 0 Å². The molecule has 0 aliphatic rings. The summed E-state index contributed by atoms with van der Waals surface area (Å²) < 4.78 is 5.61. The number of amides is 1. The molecule has 3 aromatic carbocycles. The molecule has 1 heterocycles. The molecule has 3 heteroatoms. The monoisotopic (exact) mass is 343 g/mol. The Morgan fingerprint density at radius 3 is 2.62 bits per heavy atom. The number of furan rings is 1. The van der Waals surface area contributed by atoms with E-state index in [0.29, 0.717) is 12.3 Å². The summed E-state index contributed by atoms with van der Waals surface area (Å²) in [7, 11) is 0. The summed E-state index contributed by atoms with van der Waals surface area (Å²) in [6, 6.07) is 20.3. The van der Waals surface area contributed by atoms with Crippen molar-refractivity contribution in [2.24, 2.45) is 0 Å². The van der Waals surface area contributed by atoms with E-state index in [1.54, 1.807) is 6.26 Å². The van der Waals surface area contributed by atoms with Gasteiger partial charge in [0.15, 0.2) is 0 Å². The molecule has 4 rings (SSSR count). The highest BCUT2D eigenvalue weighted by Gasteiger charge is 2.12. The fourth-order valence-corrected chi connectivity index (χ4v) is 3.24. The van der Waals surface area contributed by atoms with Crippen molar-refractivity contribution in [2.45, 2.75) is 26.2 Å². The number of carbonyl (C=O) groups is 1. The van der Waals surface area contributed by atoms with Crippen LogP contribution in [-0.4, -0.2) is 5.91 Å². The number of benzene rings is 3. The lowest BCUT2D eigenvalue weighted by atomic mass is 10.00. The number of hydrogen-bond acceptors (Lipinski definition) is 2. The molecule has 0 unspecified atom stereocenters. The minimum atomic E-state index is -0.0436. The zero-order valence-electron chi connectivity index (χ0n) is 15.0. The Balaban J connectivity index is 1.55. The van der Waals surface area contributed by atoms with Gasteiger partial charge in [0.1, 0.15) is 5.58 Å². The van der Waals surface area contributed by atoms with Crippen LogP contribution in [0, 0.1) is 0 Å². The van der Waals surface area contributed by atoms with E-state index in [1.807, 2.05) is 42.5 Å². The van der Waals surface area contributed by atoms with Crippen molar-refractivity contribution in [2.75, 3.05) is 5.32 Å². The molecule has 0 saturated heterocycles. The number of anilines is 1. The van der Waals surface area contributed by atoms with Gasteiger partial charge < -0.3 is 9.73 Å². The lowest BCUT2D eigenvalue weighted by Gasteiger charge is -2.07. The average Bonchev–Trinajstić information content (AvgIpc) is 3.03. The van der Waals surface area contributed by atoms with Gasteiger partial charge in [-0.2, -0.15) is 0 Å². The van der Waals surface area contributed by atoms with Crippen LogP contribution in [0.2, 0.25) is 0 Å². The summed E-state index contributed by atoms with van der Waals surface area (Å²) in [4.78, 5) is 12.5. The van der Waals surface area contributed by atoms with Crippen molar-refractivity contribution in [3.05, 3.63) is 78.1 Å². The maximum Gasteiger partial charge on any atom is 0.228 e. The number of carbonyl (C=O) groups excluding carboxylic acids is 1. The molecule has 1 aromatic heterocycles. The molecule has 3 nitrogen and oxygen atoms in total. The number of fused-ring (bicyclic) bond motifs is 2. The Kier molecular flexibility index (Phi) is 4.21. The van der Waals surface area contributed by atoms with E-state index in [2.05, 4.69) is 37.4 Å². The van der Waals surface area contributed by atoms with Gasteiger partial charge in [0.2, 0.25) is 5.91 Å². The van der Waals surface area contributed by atoms with Crippen LogP contribution in [0.5, 0.6) is 0 Å². The van der Waals surface area contributed by atoms with Gasteiger partial charge in [-0.05, 0) is 46.5 Å². The fourth-order valence-electron chi connectivity index (χ4n) is 3.24. The molecule has 0 fully saturated rings. The fraction of sp³-hybridized carbons (Fsp3) is 0.174. The maximum atomic E-state index is 12.5. The Hall–Kier alpha value is -3.07. The van der Waals surface area contributed by atoms with E-state index < -0.39 is 0 Å². The SMILES string of the molecule is CC(C)c1ccc2occ(CC(=O)Nc3ccc4ccccc4c3)c2c1. The smallest absolute Gasteiger partial charge is 0.228 e. The lowest BCUT2D eigenvalue weighted by Crippen LogP contribution is -2.14. The summed E-state index contributed by atoms with van der Waals surface area (Å²) >= 11 is 0. The normalized spacial score (nSPS) is 11.3. The van der Waals surface area contributed by atoms with Crippen LogP contribution in [0.1, 0.15) is 30.9 Å². The maximum absolute atomic E-state index is 12.5. The molecule has 4 aromatic rings. The van der Waals surface area contributed by atoms with Crippen LogP contribution in [-0.2, 0) is 11.2 Å². The van der Waals surface area contributed by atoms with Crippen LogP contribution in [0.25, 0.3) is 21.7 Å². The summed E-state index contributed by atoms with van der Waals surface area (Å²) in [5.41, 5.74) is 3.79. The first kappa shape index (κ1) is 16.4. The van der Waals surface area contributed by atoms with Crippen LogP contribution in [0.15, 0.2) is 71.3 Å². The van der Waals surface area contributed by atoms with E-state index in [1.165, 1.54) is 5.56 Å². The Bertz CT molecular complexity index is 1090. The second-order valence-corrected chi connectivity index (χ2v) is 6.96. The Morgan fingerprint density at radius 2 is 1.81 bits per heavy atom. The number of rotatable bonds is 4. The van der Waals surface area contributed by atoms with Crippen molar-refractivity contribution in [1.29, 1.82) is 0 Å². The molecular formula is C23H21NO2. The van der Waals surface area contributed by atoms with Gasteiger partial charge in [0.25, 0.3) is 0 Å². The zero-order valence-corrected chi connectivity index (χ0v) is 15.0. The van der Waals surface area contributed by atoms with Gasteiger partial charge in [-0.15, -0.1) is 0 Å². The van der Waals surface area contributed by atoms with E-state index in [9.17, 15) is 4.79 Å². The van der Waals surface area contributed by atoms with E-state index in [0.717, 1.165) is 33.0 Å². The number of nitrogens with one attached hydrogen (secondary N) is 1. The zero-order chi connectivity index (χ0) is 18.1. The molecule has 0 bridgehead atoms. The molecule has 130 valence electrons. The van der Waals surface area contributed by atoms with Crippen molar-refractivity contribution in [3.8, 4) is 0 Å². The quantitative estimate of drug-likeness (QED) is 0.502. The van der Waals surface area contributed by atoms with Crippen LogP contribution >= 0.6 is 0 Å². The topological polar surface area (TPSA) is 42.2 Å². The van der Waals surface area contributed by atoms with Gasteiger partial charge in [0.05, 0.1) is 12.7 Å². The molecule has 0 spiro atoms. The van der Waals surface area contributed by atoms with Crippen molar-refractivity contribution < 1.29 is 9.21 Å². The van der Waals surface area contributed by atoms with Crippen LogP contribution in [0.3, 0.4) is 0 Å². The first-order chi connectivity index (χ1) is 12.6. The molecule has 0 aliphatic carbocycles. The molecule has 1 N–H and O–H groups in total. The van der Waals surface area contributed by atoms with Crippen LogP contribution < -0.4 is 5.32 Å². The lowest BCUT2D eigenvalue weighted by molar-refractivity contribution is -0.115. The Labute approximate surface area is 152 Å². The summed E-state index contributed by atoms with van der Waals surface area (Å²) in [6.45, 7) is 4.32. The van der Waals surface area contributed by atoms with Crippen LogP contribution in [0.4, 0.5) is 5.69 Å². The molecule has 26 heavy (non-hydrogen) atoms. The predicted molar refractivity (Wildman–Crippen MR) is 107 cm³/mol. The summed E-state index contributed by atoms with van der Waals surface area (Å²) in [6.07, 6.45) is 1.98. The predicted octanol–water partition coefficient (Wildman–Crippen LogP) is 5.89. The first-order valence-electron chi connectivity index (χ1n) is 8.89. The number of hydrogen-bond donors (Lipinski definition) is 1. The van der Waals surface area contributed by atoms with Gasteiger partial charge in [-0.3, -0.25) is 4.79 Å². The average molecular weight is 343 g/mol.